The van der Waals surface area contributed by atoms with Gasteiger partial charge in [-0.05, 0) is 43.3 Å². The van der Waals surface area contributed by atoms with Gasteiger partial charge in [0.15, 0.2) is 0 Å². The van der Waals surface area contributed by atoms with Crippen LogP contribution < -0.4 is 10.6 Å². The zero-order valence-electron chi connectivity index (χ0n) is 15.0. The first-order valence-electron chi connectivity index (χ1n) is 8.46. The van der Waals surface area contributed by atoms with Crippen LogP contribution in [0.25, 0.3) is 0 Å². The van der Waals surface area contributed by atoms with Gasteiger partial charge >= 0.3 is 0 Å². The van der Waals surface area contributed by atoms with Gasteiger partial charge in [0.05, 0.1) is 6.54 Å². The highest BCUT2D eigenvalue weighted by Crippen LogP contribution is 2.19. The SMILES string of the molecule is CCN(CC(=O)Nc1ccc(NC(C)=O)cc1)[C@H](C)c1ccccc1. The van der Waals surface area contributed by atoms with Crippen LogP contribution in [0.4, 0.5) is 11.4 Å². The van der Waals surface area contributed by atoms with Crippen LogP contribution in [0.1, 0.15) is 32.4 Å². The molecule has 2 aromatic rings. The zero-order valence-corrected chi connectivity index (χ0v) is 15.0. The standard InChI is InChI=1S/C20H25N3O2/c1-4-23(15(2)17-8-6-5-7-9-17)14-20(25)22-19-12-10-18(11-13-19)21-16(3)24/h5-13,15H,4,14H2,1-3H3,(H,21,24)(H,22,25)/t15-/m1/s1. The lowest BCUT2D eigenvalue weighted by molar-refractivity contribution is -0.118. The average Bonchev–Trinajstić information content (AvgIpc) is 2.61. The third-order valence-electron chi connectivity index (χ3n) is 4.07. The van der Waals surface area contributed by atoms with Crippen LogP contribution in [-0.2, 0) is 9.59 Å². The molecule has 0 bridgehead atoms. The number of benzene rings is 2. The Labute approximate surface area is 149 Å². The molecule has 5 nitrogen and oxygen atoms in total. The summed E-state index contributed by atoms with van der Waals surface area (Å²) >= 11 is 0. The Morgan fingerprint density at radius 3 is 2.04 bits per heavy atom. The van der Waals surface area contributed by atoms with Gasteiger partial charge in [0.2, 0.25) is 11.8 Å². The molecule has 2 rings (SSSR count). The molecule has 2 N–H and O–H groups in total. The molecule has 0 radical (unpaired) electrons. The first-order valence-corrected chi connectivity index (χ1v) is 8.46. The Hall–Kier alpha value is -2.66. The third-order valence-corrected chi connectivity index (χ3v) is 4.07. The first kappa shape index (κ1) is 18.7. The molecule has 0 aliphatic rings. The number of nitrogens with one attached hydrogen (secondary N) is 2. The maximum Gasteiger partial charge on any atom is 0.238 e. The molecule has 0 saturated heterocycles. The summed E-state index contributed by atoms with van der Waals surface area (Å²) in [5, 5.41) is 5.60. The quantitative estimate of drug-likeness (QED) is 0.809. The fourth-order valence-electron chi connectivity index (χ4n) is 2.69. The van der Waals surface area contributed by atoms with Crippen LogP contribution in [0.15, 0.2) is 54.6 Å². The van der Waals surface area contributed by atoms with Crippen molar-refractivity contribution < 1.29 is 9.59 Å². The maximum atomic E-state index is 12.4. The molecule has 2 aromatic carbocycles. The Bertz CT molecular complexity index is 699. The molecule has 0 fully saturated rings. The van der Waals surface area contributed by atoms with Crippen molar-refractivity contribution in [2.75, 3.05) is 23.7 Å². The monoisotopic (exact) mass is 339 g/mol. The number of hydrogen-bond donors (Lipinski definition) is 2. The second-order valence-corrected chi connectivity index (χ2v) is 5.96. The van der Waals surface area contributed by atoms with Gasteiger partial charge in [-0.2, -0.15) is 0 Å². The molecule has 2 amide bonds. The number of hydrogen-bond acceptors (Lipinski definition) is 3. The molecule has 132 valence electrons. The zero-order chi connectivity index (χ0) is 18.2. The number of amides is 2. The average molecular weight is 339 g/mol. The minimum Gasteiger partial charge on any atom is -0.326 e. The number of likely N-dealkylation sites (N-methyl/N-ethyl adjacent to an activating group) is 1. The summed E-state index contributed by atoms with van der Waals surface area (Å²) in [5.74, 6) is -0.179. The van der Waals surface area contributed by atoms with Gasteiger partial charge in [0.25, 0.3) is 0 Å². The molecular formula is C20H25N3O2. The predicted molar refractivity (Wildman–Crippen MR) is 101 cm³/mol. The molecule has 0 spiro atoms. The fourth-order valence-corrected chi connectivity index (χ4v) is 2.69. The third kappa shape index (κ3) is 5.72. The normalized spacial score (nSPS) is 11.8. The number of carbonyl (C=O) groups is 2. The largest absolute Gasteiger partial charge is 0.326 e. The van der Waals surface area contributed by atoms with E-state index in [9.17, 15) is 9.59 Å². The summed E-state index contributed by atoms with van der Waals surface area (Å²) in [7, 11) is 0. The van der Waals surface area contributed by atoms with Crippen molar-refractivity contribution in [2.45, 2.75) is 26.8 Å². The van der Waals surface area contributed by atoms with Gasteiger partial charge < -0.3 is 10.6 Å². The second-order valence-electron chi connectivity index (χ2n) is 5.96. The van der Waals surface area contributed by atoms with E-state index in [-0.39, 0.29) is 17.9 Å². The van der Waals surface area contributed by atoms with Gasteiger partial charge in [-0.25, -0.2) is 0 Å². The smallest absolute Gasteiger partial charge is 0.238 e. The van der Waals surface area contributed by atoms with Crippen molar-refractivity contribution in [2.24, 2.45) is 0 Å². The van der Waals surface area contributed by atoms with E-state index in [1.165, 1.54) is 12.5 Å². The molecular weight excluding hydrogens is 314 g/mol. The van der Waals surface area contributed by atoms with Crippen LogP contribution >= 0.6 is 0 Å². The lowest BCUT2D eigenvalue weighted by Crippen LogP contribution is -2.35. The summed E-state index contributed by atoms with van der Waals surface area (Å²) < 4.78 is 0. The van der Waals surface area contributed by atoms with E-state index in [1.807, 2.05) is 18.2 Å². The number of nitrogens with zero attached hydrogens (tertiary/aromatic N) is 1. The molecule has 0 aliphatic carbocycles. The maximum absolute atomic E-state index is 12.4. The van der Waals surface area contributed by atoms with E-state index >= 15 is 0 Å². The lowest BCUT2D eigenvalue weighted by Gasteiger charge is -2.27. The Balaban J connectivity index is 1.94. The van der Waals surface area contributed by atoms with Gasteiger partial charge in [-0.15, -0.1) is 0 Å². The molecule has 0 aromatic heterocycles. The van der Waals surface area contributed by atoms with E-state index in [1.54, 1.807) is 24.3 Å². The van der Waals surface area contributed by atoms with Crippen LogP contribution in [-0.4, -0.2) is 29.8 Å². The Morgan fingerprint density at radius 1 is 0.960 bits per heavy atom. The van der Waals surface area contributed by atoms with Crippen molar-refractivity contribution >= 4 is 23.2 Å². The van der Waals surface area contributed by atoms with Crippen LogP contribution in [0.5, 0.6) is 0 Å². The topological polar surface area (TPSA) is 61.4 Å². The minimum atomic E-state index is -0.120. The van der Waals surface area contributed by atoms with Gasteiger partial charge in [-0.1, -0.05) is 37.3 Å². The van der Waals surface area contributed by atoms with E-state index in [4.69, 9.17) is 0 Å². The molecule has 0 aliphatic heterocycles. The van der Waals surface area contributed by atoms with Crippen molar-refractivity contribution in [3.63, 3.8) is 0 Å². The molecule has 0 heterocycles. The van der Waals surface area contributed by atoms with Crippen molar-refractivity contribution in [1.82, 2.24) is 4.90 Å². The van der Waals surface area contributed by atoms with Crippen LogP contribution in [0, 0.1) is 0 Å². The molecule has 0 unspecified atom stereocenters. The second kappa shape index (κ2) is 8.99. The van der Waals surface area contributed by atoms with Gasteiger partial charge in [-0.3, -0.25) is 14.5 Å². The summed E-state index contributed by atoms with van der Waals surface area (Å²) in [4.78, 5) is 25.5. The Morgan fingerprint density at radius 2 is 1.52 bits per heavy atom. The van der Waals surface area contributed by atoms with Crippen LogP contribution in [0.3, 0.4) is 0 Å². The summed E-state index contributed by atoms with van der Waals surface area (Å²) in [5.41, 5.74) is 2.61. The van der Waals surface area contributed by atoms with Gasteiger partial charge in [0.1, 0.15) is 0 Å². The molecule has 0 saturated carbocycles. The van der Waals surface area contributed by atoms with Crippen LogP contribution in [0.2, 0.25) is 0 Å². The number of carbonyl (C=O) groups excluding carboxylic acids is 2. The van der Waals surface area contributed by atoms with E-state index < -0.39 is 0 Å². The number of rotatable bonds is 7. The highest BCUT2D eigenvalue weighted by molar-refractivity contribution is 5.93. The van der Waals surface area contributed by atoms with E-state index in [0.717, 1.165) is 6.54 Å². The van der Waals surface area contributed by atoms with Gasteiger partial charge in [0, 0.05) is 24.3 Å². The first-order chi connectivity index (χ1) is 12.0. The highest BCUT2D eigenvalue weighted by Gasteiger charge is 2.17. The van der Waals surface area contributed by atoms with E-state index in [2.05, 4.69) is 41.5 Å². The van der Waals surface area contributed by atoms with Crippen molar-refractivity contribution in [3.8, 4) is 0 Å². The fraction of sp³-hybridized carbons (Fsp3) is 0.300. The summed E-state index contributed by atoms with van der Waals surface area (Å²) in [6.07, 6.45) is 0. The summed E-state index contributed by atoms with van der Waals surface area (Å²) in [6.45, 7) is 6.72. The molecule has 25 heavy (non-hydrogen) atoms. The molecule has 1 atom stereocenters. The van der Waals surface area contributed by atoms with Crippen molar-refractivity contribution in [3.05, 3.63) is 60.2 Å². The predicted octanol–water partition coefficient (Wildman–Crippen LogP) is 3.67. The van der Waals surface area contributed by atoms with E-state index in [0.29, 0.717) is 17.9 Å². The lowest BCUT2D eigenvalue weighted by atomic mass is 10.1. The minimum absolute atomic E-state index is 0.0584. The van der Waals surface area contributed by atoms with Crippen molar-refractivity contribution in [1.29, 1.82) is 0 Å². The highest BCUT2D eigenvalue weighted by atomic mass is 16.2. The summed E-state index contributed by atoms with van der Waals surface area (Å²) in [6, 6.07) is 17.4. The number of anilines is 2. The Kier molecular flexibility index (Phi) is 6.71. The molecule has 5 heteroatoms.